The van der Waals surface area contributed by atoms with Crippen LogP contribution >= 0.6 is 0 Å². The standard InChI is InChI=1S/C4H5N.NO3/c1-2-4-5-3-1;2-1(3)4/h1-5H;/q;-1/p+1. The maximum atomic E-state index is 8.25. The van der Waals surface area contributed by atoms with Gasteiger partial charge in [0.25, 0.3) is 0 Å². The Balaban J connectivity index is 0.000000148. The molecule has 0 fully saturated rings. The molecule has 5 nitrogen and oxygen atoms in total. The van der Waals surface area contributed by atoms with Crippen LogP contribution in [0.1, 0.15) is 0 Å². The topological polar surface area (TPSA) is 82.8 Å². The average Bonchev–Trinajstić information content (AvgIpc) is 2.11. The zero-order valence-electron chi connectivity index (χ0n) is 4.56. The number of nitrogens with zero attached hydrogens (tertiary/aromatic N) is 1. The highest BCUT2D eigenvalue weighted by Crippen LogP contribution is 1.67. The summed E-state index contributed by atoms with van der Waals surface area (Å²) in [6, 6.07) is 0. The van der Waals surface area contributed by atoms with Gasteiger partial charge in [-0.1, -0.05) is 0 Å². The van der Waals surface area contributed by atoms with Crippen molar-refractivity contribution in [2.45, 2.75) is 0 Å². The molecule has 0 saturated heterocycles. The number of allylic oxidation sites excluding steroid dienone is 2. The smallest absolute Gasteiger partial charge is 0.0973 e. The molecule has 0 bridgehead atoms. The van der Waals surface area contributed by atoms with Crippen molar-refractivity contribution in [1.82, 2.24) is 0 Å². The van der Waals surface area contributed by atoms with E-state index in [-0.39, 0.29) is 0 Å². The van der Waals surface area contributed by atoms with Gasteiger partial charge in [0.15, 0.2) is 0 Å². The van der Waals surface area contributed by atoms with Gasteiger partial charge >= 0.3 is 0 Å². The fourth-order valence-corrected chi connectivity index (χ4v) is 0.321. The molecule has 0 amide bonds. The highest BCUT2D eigenvalue weighted by Gasteiger charge is 1.75. The molecule has 0 spiro atoms. The van der Waals surface area contributed by atoms with Crippen LogP contribution in [0.15, 0.2) is 24.6 Å². The quantitative estimate of drug-likeness (QED) is 0.349. The zero-order chi connectivity index (χ0) is 7.11. The van der Waals surface area contributed by atoms with Gasteiger partial charge in [0.2, 0.25) is 0 Å². The number of rotatable bonds is 0. The summed E-state index contributed by atoms with van der Waals surface area (Å²) in [5.74, 6) is 0. The molecular weight excluding hydrogens is 124 g/mol. The molecule has 2 N–H and O–H groups in total. The zero-order valence-corrected chi connectivity index (χ0v) is 4.56. The Morgan fingerprint density at radius 3 is 1.67 bits per heavy atom. The highest BCUT2D eigenvalue weighted by atomic mass is 16.9. The molecule has 0 aliphatic carbocycles. The molecule has 1 aliphatic rings. The van der Waals surface area contributed by atoms with Gasteiger partial charge in [-0.05, 0) is 12.2 Å². The normalized spacial score (nSPS) is 12.4. The van der Waals surface area contributed by atoms with Crippen LogP contribution in [-0.2, 0) is 0 Å². The lowest BCUT2D eigenvalue weighted by atomic mass is 10.6. The first-order chi connectivity index (χ1) is 4.23. The molecule has 9 heavy (non-hydrogen) atoms. The summed E-state index contributed by atoms with van der Waals surface area (Å²) in [6.07, 6.45) is 8.00. The van der Waals surface area contributed by atoms with Crippen molar-refractivity contribution in [2.24, 2.45) is 0 Å². The summed E-state index contributed by atoms with van der Waals surface area (Å²) >= 11 is 0. The molecule has 0 aromatic rings. The van der Waals surface area contributed by atoms with Crippen LogP contribution in [0.25, 0.3) is 0 Å². The van der Waals surface area contributed by atoms with Gasteiger partial charge in [0, 0.05) is 0 Å². The van der Waals surface area contributed by atoms with Gasteiger partial charge in [-0.2, -0.15) is 0 Å². The number of nitrogens with two attached hydrogens (primary N) is 1. The average molecular weight is 130 g/mol. The van der Waals surface area contributed by atoms with E-state index < -0.39 is 5.09 Å². The largest absolute Gasteiger partial charge is 0.356 e. The Labute approximate surface area is 51.4 Å². The van der Waals surface area contributed by atoms with Crippen LogP contribution in [0, 0.1) is 15.3 Å². The summed E-state index contributed by atoms with van der Waals surface area (Å²) in [6.45, 7) is 0. The van der Waals surface area contributed by atoms with Crippen molar-refractivity contribution in [1.29, 1.82) is 0 Å². The number of quaternary nitrogens is 1. The number of hydrogen-bond donors (Lipinski definition) is 1. The lowest BCUT2D eigenvalue weighted by Gasteiger charge is -1.74. The molecule has 0 unspecified atom stereocenters. The van der Waals surface area contributed by atoms with Crippen LogP contribution in [0.2, 0.25) is 0 Å². The van der Waals surface area contributed by atoms with Gasteiger partial charge in [-0.25, -0.2) is 0 Å². The van der Waals surface area contributed by atoms with Gasteiger partial charge in [-0.3, -0.25) is 5.32 Å². The Bertz CT molecular complexity index is 127. The molecule has 1 rings (SSSR count). The van der Waals surface area contributed by atoms with Crippen LogP contribution in [0.3, 0.4) is 0 Å². The maximum Gasteiger partial charge on any atom is 0.0973 e. The van der Waals surface area contributed by atoms with Crippen molar-refractivity contribution < 1.29 is 10.4 Å². The fraction of sp³-hybridized carbons (Fsp3) is 0. The Hall–Kier alpha value is -1.36. The molecule has 0 radical (unpaired) electrons. The molecule has 1 heterocycles. The maximum absolute atomic E-state index is 8.25. The summed E-state index contributed by atoms with van der Waals surface area (Å²) < 4.78 is 0. The van der Waals surface area contributed by atoms with E-state index in [0.717, 1.165) is 0 Å². The van der Waals surface area contributed by atoms with E-state index in [9.17, 15) is 0 Å². The Kier molecular flexibility index (Phi) is 4.07. The van der Waals surface area contributed by atoms with Crippen LogP contribution in [0.5, 0.6) is 0 Å². The second-order valence-electron chi connectivity index (χ2n) is 1.19. The van der Waals surface area contributed by atoms with E-state index in [1.807, 2.05) is 29.9 Å². The second kappa shape index (κ2) is 4.79. The van der Waals surface area contributed by atoms with E-state index in [2.05, 4.69) is 0 Å². The molecule has 5 heteroatoms. The minimum Gasteiger partial charge on any atom is -0.356 e. The minimum absolute atomic E-state index is 1.75. The summed E-state index contributed by atoms with van der Waals surface area (Å²) in [5, 5.41) is 16.8. The molecule has 0 aromatic carbocycles. The third-order valence-electron chi connectivity index (χ3n) is 0.556. The van der Waals surface area contributed by atoms with Gasteiger partial charge in [-0.15, -0.1) is 0 Å². The van der Waals surface area contributed by atoms with Crippen molar-refractivity contribution in [2.75, 3.05) is 0 Å². The molecule has 0 saturated carbocycles. The van der Waals surface area contributed by atoms with E-state index >= 15 is 0 Å². The number of hydrogen-bond acceptors (Lipinski definition) is 3. The van der Waals surface area contributed by atoms with Gasteiger partial charge < -0.3 is 15.3 Å². The lowest BCUT2D eigenvalue weighted by molar-refractivity contribution is -0.510. The monoisotopic (exact) mass is 130 g/mol. The SMILES string of the molecule is C1=C[NH2+]C=C1.O=[N+]([O-])[O-]. The third kappa shape index (κ3) is 10.8. The molecule has 0 aromatic heterocycles. The van der Waals surface area contributed by atoms with Crippen LogP contribution in [0.4, 0.5) is 0 Å². The summed E-state index contributed by atoms with van der Waals surface area (Å²) in [7, 11) is 0. The van der Waals surface area contributed by atoms with Gasteiger partial charge in [0.05, 0.1) is 17.5 Å². The van der Waals surface area contributed by atoms with Crippen molar-refractivity contribution in [3.8, 4) is 0 Å². The first-order valence-corrected chi connectivity index (χ1v) is 2.21. The first kappa shape index (κ1) is 7.64. The van der Waals surface area contributed by atoms with E-state index in [0.29, 0.717) is 0 Å². The Morgan fingerprint density at radius 1 is 1.22 bits per heavy atom. The molecule has 0 atom stereocenters. The van der Waals surface area contributed by atoms with E-state index in [1.54, 1.807) is 0 Å². The van der Waals surface area contributed by atoms with Crippen molar-refractivity contribution in [3.05, 3.63) is 39.9 Å². The summed E-state index contributed by atoms with van der Waals surface area (Å²) in [4.78, 5) is 8.25. The van der Waals surface area contributed by atoms with Crippen molar-refractivity contribution in [3.63, 3.8) is 0 Å². The van der Waals surface area contributed by atoms with Gasteiger partial charge in [0.1, 0.15) is 0 Å². The lowest BCUT2D eigenvalue weighted by Crippen LogP contribution is -2.69. The van der Waals surface area contributed by atoms with Crippen LogP contribution in [-0.4, -0.2) is 5.09 Å². The first-order valence-electron chi connectivity index (χ1n) is 2.21. The molecule has 50 valence electrons. The predicted octanol–water partition coefficient (Wildman–Crippen LogP) is -0.648. The van der Waals surface area contributed by atoms with Crippen LogP contribution < -0.4 is 5.32 Å². The second-order valence-corrected chi connectivity index (χ2v) is 1.19. The van der Waals surface area contributed by atoms with E-state index in [4.69, 9.17) is 15.3 Å². The predicted molar refractivity (Wildman–Crippen MR) is 30.6 cm³/mol. The molecule has 1 aliphatic heterocycles. The third-order valence-corrected chi connectivity index (χ3v) is 0.556. The Morgan fingerprint density at radius 2 is 1.56 bits per heavy atom. The van der Waals surface area contributed by atoms with Crippen molar-refractivity contribution >= 4 is 0 Å². The highest BCUT2D eigenvalue weighted by molar-refractivity contribution is 4.98. The van der Waals surface area contributed by atoms with E-state index in [1.165, 1.54) is 0 Å². The minimum atomic E-state index is -1.75. The summed E-state index contributed by atoms with van der Waals surface area (Å²) in [5.41, 5.74) is 0. The molecular formula is C4H6N2O3. The fourth-order valence-electron chi connectivity index (χ4n) is 0.321.